The number of benzene rings is 2. The van der Waals surface area contributed by atoms with Gasteiger partial charge >= 0.3 is 0 Å². The van der Waals surface area contributed by atoms with Gasteiger partial charge in [-0.1, -0.05) is 30.3 Å². The lowest BCUT2D eigenvalue weighted by Crippen LogP contribution is -2.50. The van der Waals surface area contributed by atoms with Crippen molar-refractivity contribution >= 4 is 43.8 Å². The number of hydrogen-bond acceptors (Lipinski definition) is 6. The summed E-state index contributed by atoms with van der Waals surface area (Å²) in [4.78, 5) is 21.2. The molecule has 0 bridgehead atoms. The summed E-state index contributed by atoms with van der Waals surface area (Å²) in [7, 11) is -3.76. The number of para-hydroxylation sites is 1. The smallest absolute Gasteiger partial charge is 0.249 e. The lowest BCUT2D eigenvalue weighted by molar-refractivity contribution is -0.115. The lowest BCUT2D eigenvalue weighted by Gasteiger charge is -2.35. The van der Waals surface area contributed by atoms with Crippen LogP contribution >= 0.6 is 11.3 Å². The van der Waals surface area contributed by atoms with Gasteiger partial charge in [-0.05, 0) is 43.7 Å². The molecule has 1 amide bonds. The fourth-order valence-corrected chi connectivity index (χ4v) is 5.92. The van der Waals surface area contributed by atoms with Crippen molar-refractivity contribution < 1.29 is 13.2 Å². The third kappa shape index (κ3) is 5.01. The highest BCUT2D eigenvalue weighted by molar-refractivity contribution is 7.89. The minimum Gasteiger partial charge on any atom is -0.369 e. The summed E-state index contributed by atoms with van der Waals surface area (Å²) in [6, 6.07) is 17.2. The highest BCUT2D eigenvalue weighted by atomic mass is 32.2. The Labute approximate surface area is 193 Å². The fraction of sp³-hybridized carbons (Fsp3) is 0.304. The molecule has 0 N–H and O–H groups in total. The van der Waals surface area contributed by atoms with Gasteiger partial charge in [-0.25, -0.2) is 13.4 Å². The van der Waals surface area contributed by atoms with E-state index in [4.69, 9.17) is 0 Å². The minimum atomic E-state index is -3.76. The number of carbonyl (C=O) groups excluding carboxylic acids is 1. The average molecular weight is 471 g/mol. The molecule has 0 saturated carbocycles. The Morgan fingerprint density at radius 1 is 1.03 bits per heavy atom. The highest BCUT2D eigenvalue weighted by Crippen LogP contribution is 2.29. The third-order valence-corrected chi connectivity index (χ3v) is 8.07. The molecule has 3 aromatic rings. The van der Waals surface area contributed by atoms with Crippen LogP contribution < -0.4 is 9.80 Å². The van der Waals surface area contributed by atoms with Crippen molar-refractivity contribution in [2.45, 2.75) is 13.8 Å². The number of hydrogen-bond donors (Lipinski definition) is 0. The largest absolute Gasteiger partial charge is 0.369 e. The molecule has 2 aromatic carbocycles. The van der Waals surface area contributed by atoms with E-state index in [1.54, 1.807) is 12.1 Å². The van der Waals surface area contributed by atoms with Gasteiger partial charge in [0.25, 0.3) is 0 Å². The normalized spacial score (nSPS) is 15.0. The summed E-state index contributed by atoms with van der Waals surface area (Å²) < 4.78 is 27.6. The fourth-order valence-electron chi connectivity index (χ4n) is 3.74. The van der Waals surface area contributed by atoms with Gasteiger partial charge in [0.15, 0.2) is 5.13 Å². The Balaban J connectivity index is 1.48. The average Bonchev–Trinajstić information content (AvgIpc) is 3.20. The summed E-state index contributed by atoms with van der Waals surface area (Å²) in [6.45, 7) is 5.77. The van der Waals surface area contributed by atoms with E-state index in [1.165, 1.54) is 26.1 Å². The lowest BCUT2D eigenvalue weighted by atomic mass is 10.2. The molecule has 4 rings (SSSR count). The molecular weight excluding hydrogens is 444 g/mol. The highest BCUT2D eigenvalue weighted by Gasteiger charge is 2.32. The molecule has 7 nitrogen and oxygen atoms in total. The van der Waals surface area contributed by atoms with Gasteiger partial charge in [-0.2, -0.15) is 4.31 Å². The zero-order valence-corrected chi connectivity index (χ0v) is 19.8. The van der Waals surface area contributed by atoms with Crippen LogP contribution in [0.15, 0.2) is 60.0 Å². The third-order valence-electron chi connectivity index (χ3n) is 5.37. The second kappa shape index (κ2) is 9.40. The number of sulfonamides is 1. The molecule has 0 radical (unpaired) electrons. The van der Waals surface area contributed by atoms with Crippen LogP contribution in [0.25, 0.3) is 0 Å². The molecule has 168 valence electrons. The molecule has 0 spiro atoms. The van der Waals surface area contributed by atoms with Crippen molar-refractivity contribution in [1.82, 2.24) is 9.29 Å². The number of piperazine rings is 1. The number of thiazole rings is 1. The molecule has 1 saturated heterocycles. The van der Waals surface area contributed by atoms with Gasteiger partial charge < -0.3 is 4.90 Å². The molecule has 1 aliphatic heterocycles. The van der Waals surface area contributed by atoms with Crippen molar-refractivity contribution in [3.8, 4) is 0 Å². The van der Waals surface area contributed by atoms with Gasteiger partial charge in [0.1, 0.15) is 5.75 Å². The van der Waals surface area contributed by atoms with E-state index in [-0.39, 0.29) is 0 Å². The predicted molar refractivity (Wildman–Crippen MR) is 129 cm³/mol. The van der Waals surface area contributed by atoms with Gasteiger partial charge in [-0.3, -0.25) is 9.69 Å². The molecular formula is C23H26N4O3S2. The standard InChI is InChI=1S/C23H26N4O3S2/c1-18-7-6-10-21(15-18)25-11-13-26(14-12-25)32(29,30)17-22(28)27(20-8-4-3-5-9-20)23-24-19(2)16-31-23/h3-10,15-16H,11-14,17H2,1-2H3. The van der Waals surface area contributed by atoms with Gasteiger partial charge in [0, 0.05) is 37.2 Å². The number of aromatic nitrogens is 1. The molecule has 9 heteroatoms. The Bertz CT molecular complexity index is 1190. The van der Waals surface area contributed by atoms with Crippen LogP contribution in [0.5, 0.6) is 0 Å². The summed E-state index contributed by atoms with van der Waals surface area (Å²) in [5, 5.41) is 2.32. The first-order valence-corrected chi connectivity index (χ1v) is 12.9. The van der Waals surface area contributed by atoms with Crippen molar-refractivity contribution in [2.24, 2.45) is 0 Å². The monoisotopic (exact) mass is 470 g/mol. The van der Waals surface area contributed by atoms with E-state index in [2.05, 4.69) is 16.0 Å². The number of nitrogens with zero attached hydrogens (tertiary/aromatic N) is 4. The van der Waals surface area contributed by atoms with Crippen molar-refractivity contribution in [2.75, 3.05) is 41.7 Å². The van der Waals surface area contributed by atoms with E-state index in [1.807, 2.05) is 55.6 Å². The van der Waals surface area contributed by atoms with Crippen LogP contribution in [0.3, 0.4) is 0 Å². The molecule has 2 heterocycles. The van der Waals surface area contributed by atoms with Gasteiger partial charge in [0.05, 0.1) is 11.4 Å². The maximum absolute atomic E-state index is 13.2. The van der Waals surface area contributed by atoms with Crippen LogP contribution in [0.2, 0.25) is 0 Å². The molecule has 0 atom stereocenters. The van der Waals surface area contributed by atoms with E-state index < -0.39 is 21.7 Å². The topological polar surface area (TPSA) is 73.8 Å². The molecule has 0 aliphatic carbocycles. The number of amides is 1. The van der Waals surface area contributed by atoms with E-state index in [0.717, 1.165) is 11.4 Å². The summed E-state index contributed by atoms with van der Waals surface area (Å²) >= 11 is 1.32. The maximum Gasteiger partial charge on any atom is 0.249 e. The molecule has 0 unspecified atom stereocenters. The maximum atomic E-state index is 13.2. The Hall–Kier alpha value is -2.75. The molecule has 1 aliphatic rings. The number of carbonyl (C=O) groups is 1. The Kier molecular flexibility index (Phi) is 6.59. The van der Waals surface area contributed by atoms with Crippen LogP contribution in [-0.2, 0) is 14.8 Å². The van der Waals surface area contributed by atoms with Gasteiger partial charge in [0.2, 0.25) is 15.9 Å². The van der Waals surface area contributed by atoms with Crippen LogP contribution in [0, 0.1) is 13.8 Å². The Morgan fingerprint density at radius 3 is 2.38 bits per heavy atom. The first-order valence-electron chi connectivity index (χ1n) is 10.4. The zero-order valence-electron chi connectivity index (χ0n) is 18.1. The summed E-state index contributed by atoms with van der Waals surface area (Å²) in [6.07, 6.45) is 0. The van der Waals surface area contributed by atoms with E-state index >= 15 is 0 Å². The van der Waals surface area contributed by atoms with Crippen molar-refractivity contribution in [3.05, 3.63) is 71.2 Å². The van der Waals surface area contributed by atoms with Crippen LogP contribution in [-0.4, -0.2) is 55.5 Å². The van der Waals surface area contributed by atoms with Gasteiger partial charge in [-0.15, -0.1) is 11.3 Å². The van der Waals surface area contributed by atoms with Crippen molar-refractivity contribution in [3.63, 3.8) is 0 Å². The number of anilines is 3. The predicted octanol–water partition coefficient (Wildman–Crippen LogP) is 3.58. The molecule has 32 heavy (non-hydrogen) atoms. The molecule has 1 aromatic heterocycles. The molecule has 1 fully saturated rings. The first-order chi connectivity index (χ1) is 15.3. The second-order valence-electron chi connectivity index (χ2n) is 7.82. The SMILES string of the molecule is Cc1cccc(N2CCN(S(=O)(=O)CC(=O)N(c3ccccc3)c3nc(C)cs3)CC2)c1. The summed E-state index contributed by atoms with van der Waals surface area (Å²) in [5.74, 6) is -1.10. The quantitative estimate of drug-likeness (QED) is 0.551. The van der Waals surface area contributed by atoms with E-state index in [0.29, 0.717) is 37.0 Å². The minimum absolute atomic E-state index is 0.352. The van der Waals surface area contributed by atoms with Crippen LogP contribution in [0.4, 0.5) is 16.5 Å². The van der Waals surface area contributed by atoms with Crippen LogP contribution in [0.1, 0.15) is 11.3 Å². The Morgan fingerprint density at radius 2 is 1.75 bits per heavy atom. The number of rotatable bonds is 6. The second-order valence-corrected chi connectivity index (χ2v) is 10.6. The first kappa shape index (κ1) is 22.4. The van der Waals surface area contributed by atoms with Crippen molar-refractivity contribution in [1.29, 1.82) is 0 Å². The zero-order chi connectivity index (χ0) is 22.7. The van der Waals surface area contributed by atoms with E-state index in [9.17, 15) is 13.2 Å². The number of aryl methyl sites for hydroxylation is 2. The summed E-state index contributed by atoms with van der Waals surface area (Å²) in [5.41, 5.74) is 3.65.